The monoisotopic (exact) mass is 241 g/mol. The van der Waals surface area contributed by atoms with Crippen LogP contribution in [0.3, 0.4) is 0 Å². The van der Waals surface area contributed by atoms with Gasteiger partial charge in [-0.15, -0.1) is 11.3 Å². The molecule has 0 saturated heterocycles. The Balaban J connectivity index is 2.70. The maximum absolute atomic E-state index is 11.7. The van der Waals surface area contributed by atoms with Crippen LogP contribution in [0.1, 0.15) is 39.6 Å². The summed E-state index contributed by atoms with van der Waals surface area (Å²) in [6, 6.07) is 3.37. The van der Waals surface area contributed by atoms with E-state index in [1.54, 1.807) is 12.1 Å². The zero-order valence-corrected chi connectivity index (χ0v) is 10.4. The van der Waals surface area contributed by atoms with Crippen LogP contribution in [0.5, 0.6) is 0 Å². The Kier molecular flexibility index (Phi) is 4.49. The molecule has 0 saturated carbocycles. The van der Waals surface area contributed by atoms with Gasteiger partial charge in [0, 0.05) is 6.04 Å². The first-order chi connectivity index (χ1) is 7.58. The van der Waals surface area contributed by atoms with E-state index in [0.29, 0.717) is 9.75 Å². The van der Waals surface area contributed by atoms with Crippen molar-refractivity contribution < 1.29 is 14.3 Å². The van der Waals surface area contributed by atoms with Crippen molar-refractivity contribution in [1.29, 1.82) is 0 Å². The van der Waals surface area contributed by atoms with Crippen molar-refractivity contribution in [2.45, 2.75) is 26.3 Å². The number of hydrogen-bond donors (Lipinski definition) is 1. The lowest BCUT2D eigenvalue weighted by molar-refractivity contribution is 0.0606. The molecule has 5 heteroatoms. The van der Waals surface area contributed by atoms with Crippen molar-refractivity contribution >= 4 is 23.2 Å². The fourth-order valence-electron chi connectivity index (χ4n) is 1.07. The number of thiophene rings is 1. The van der Waals surface area contributed by atoms with Crippen LogP contribution >= 0.6 is 11.3 Å². The average molecular weight is 241 g/mol. The number of methoxy groups -OCH3 is 1. The molecule has 88 valence electrons. The molecular formula is C11H15NO3S. The molecule has 1 heterocycles. The molecule has 0 aromatic carbocycles. The fourth-order valence-corrected chi connectivity index (χ4v) is 1.89. The Morgan fingerprint density at radius 2 is 2.06 bits per heavy atom. The predicted molar refractivity (Wildman–Crippen MR) is 62.9 cm³/mol. The normalized spacial score (nSPS) is 11.9. The summed E-state index contributed by atoms with van der Waals surface area (Å²) in [5.74, 6) is -0.554. The van der Waals surface area contributed by atoms with Gasteiger partial charge in [0.1, 0.15) is 4.88 Å². The van der Waals surface area contributed by atoms with E-state index in [1.807, 2.05) is 13.8 Å². The third kappa shape index (κ3) is 3.06. The lowest BCUT2D eigenvalue weighted by Crippen LogP contribution is -2.31. The van der Waals surface area contributed by atoms with Gasteiger partial charge in [-0.1, -0.05) is 6.92 Å². The van der Waals surface area contributed by atoms with Gasteiger partial charge in [0.2, 0.25) is 0 Å². The van der Waals surface area contributed by atoms with E-state index in [0.717, 1.165) is 17.8 Å². The molecule has 0 spiro atoms. The van der Waals surface area contributed by atoms with E-state index >= 15 is 0 Å². The van der Waals surface area contributed by atoms with Crippen LogP contribution in [0, 0.1) is 0 Å². The second kappa shape index (κ2) is 5.65. The molecule has 0 radical (unpaired) electrons. The fraction of sp³-hybridized carbons (Fsp3) is 0.455. The van der Waals surface area contributed by atoms with Gasteiger partial charge in [-0.3, -0.25) is 4.79 Å². The summed E-state index contributed by atoms with van der Waals surface area (Å²) in [7, 11) is 1.32. The minimum atomic E-state index is -0.410. The first-order valence-electron chi connectivity index (χ1n) is 5.07. The largest absolute Gasteiger partial charge is 0.465 e. The number of ether oxygens (including phenoxy) is 1. The number of hydrogen-bond acceptors (Lipinski definition) is 4. The molecule has 16 heavy (non-hydrogen) atoms. The molecule has 0 aliphatic rings. The van der Waals surface area contributed by atoms with Gasteiger partial charge in [0.05, 0.1) is 12.0 Å². The van der Waals surface area contributed by atoms with Gasteiger partial charge >= 0.3 is 5.97 Å². The molecule has 1 rings (SSSR count). The summed E-state index contributed by atoms with van der Waals surface area (Å²) < 4.78 is 4.57. The van der Waals surface area contributed by atoms with Crippen molar-refractivity contribution in [1.82, 2.24) is 5.32 Å². The Morgan fingerprint density at radius 3 is 2.62 bits per heavy atom. The SMILES string of the molecule is CCC(C)NC(=O)c1ccc(C(=O)OC)s1. The third-order valence-corrected chi connectivity index (χ3v) is 3.27. The molecule has 1 amide bonds. The van der Waals surface area contributed by atoms with Crippen molar-refractivity contribution in [2.24, 2.45) is 0 Å². The quantitative estimate of drug-likeness (QED) is 0.821. The first kappa shape index (κ1) is 12.7. The van der Waals surface area contributed by atoms with Crippen LogP contribution in [-0.4, -0.2) is 25.0 Å². The van der Waals surface area contributed by atoms with E-state index in [4.69, 9.17) is 0 Å². The Hall–Kier alpha value is -1.36. The Labute approximate surface area is 98.6 Å². The van der Waals surface area contributed by atoms with Crippen LogP contribution in [0.25, 0.3) is 0 Å². The summed E-state index contributed by atoms with van der Waals surface area (Å²) in [5.41, 5.74) is 0. The molecule has 1 N–H and O–H groups in total. The number of rotatable bonds is 4. The van der Waals surface area contributed by atoms with Crippen LogP contribution in [0.2, 0.25) is 0 Å². The third-order valence-electron chi connectivity index (χ3n) is 2.21. The van der Waals surface area contributed by atoms with Crippen LogP contribution in [-0.2, 0) is 4.74 Å². The molecular weight excluding hydrogens is 226 g/mol. The zero-order chi connectivity index (χ0) is 12.1. The second-order valence-corrected chi connectivity index (χ2v) is 4.52. The van der Waals surface area contributed by atoms with E-state index < -0.39 is 5.97 Å². The van der Waals surface area contributed by atoms with E-state index in [2.05, 4.69) is 10.1 Å². The number of carbonyl (C=O) groups is 2. The minimum absolute atomic E-state index is 0.135. The maximum atomic E-state index is 11.7. The highest BCUT2D eigenvalue weighted by atomic mass is 32.1. The second-order valence-electron chi connectivity index (χ2n) is 3.44. The molecule has 0 aliphatic carbocycles. The summed E-state index contributed by atoms with van der Waals surface area (Å²) in [6.07, 6.45) is 0.876. The molecule has 4 nitrogen and oxygen atoms in total. The molecule has 1 atom stereocenters. The predicted octanol–water partition coefficient (Wildman–Crippen LogP) is 2.06. The van der Waals surface area contributed by atoms with Crippen molar-refractivity contribution in [3.8, 4) is 0 Å². The zero-order valence-electron chi connectivity index (χ0n) is 9.57. The maximum Gasteiger partial charge on any atom is 0.348 e. The van der Waals surface area contributed by atoms with E-state index in [9.17, 15) is 9.59 Å². The number of nitrogens with one attached hydrogen (secondary N) is 1. The first-order valence-corrected chi connectivity index (χ1v) is 5.89. The van der Waals surface area contributed by atoms with Gasteiger partial charge < -0.3 is 10.1 Å². The highest BCUT2D eigenvalue weighted by Crippen LogP contribution is 2.17. The van der Waals surface area contributed by atoms with Crippen molar-refractivity contribution in [3.05, 3.63) is 21.9 Å². The van der Waals surface area contributed by atoms with E-state index in [-0.39, 0.29) is 11.9 Å². The van der Waals surface area contributed by atoms with Crippen molar-refractivity contribution in [3.63, 3.8) is 0 Å². The standard InChI is InChI=1S/C11H15NO3S/c1-4-7(2)12-10(13)8-5-6-9(16-8)11(14)15-3/h5-7H,4H2,1-3H3,(H,12,13). The molecule has 0 aliphatic heterocycles. The highest BCUT2D eigenvalue weighted by molar-refractivity contribution is 7.15. The highest BCUT2D eigenvalue weighted by Gasteiger charge is 2.14. The lowest BCUT2D eigenvalue weighted by atomic mass is 10.2. The van der Waals surface area contributed by atoms with Crippen LogP contribution in [0.4, 0.5) is 0 Å². The van der Waals surface area contributed by atoms with Crippen LogP contribution < -0.4 is 5.32 Å². The molecule has 1 unspecified atom stereocenters. The molecule has 1 aromatic rings. The summed E-state index contributed by atoms with van der Waals surface area (Å²) >= 11 is 1.14. The van der Waals surface area contributed by atoms with Gasteiger partial charge in [-0.2, -0.15) is 0 Å². The number of esters is 1. The topological polar surface area (TPSA) is 55.4 Å². The summed E-state index contributed by atoms with van der Waals surface area (Å²) in [4.78, 5) is 23.8. The van der Waals surface area contributed by atoms with Gasteiger partial charge in [0.25, 0.3) is 5.91 Å². The van der Waals surface area contributed by atoms with Crippen molar-refractivity contribution in [2.75, 3.05) is 7.11 Å². The van der Waals surface area contributed by atoms with Gasteiger partial charge in [0.15, 0.2) is 0 Å². The minimum Gasteiger partial charge on any atom is -0.465 e. The Bertz CT molecular complexity index is 386. The number of amides is 1. The summed E-state index contributed by atoms with van der Waals surface area (Å²) in [6.45, 7) is 3.94. The van der Waals surface area contributed by atoms with Gasteiger partial charge in [-0.05, 0) is 25.5 Å². The number of carbonyl (C=O) groups excluding carboxylic acids is 2. The van der Waals surface area contributed by atoms with Crippen LogP contribution in [0.15, 0.2) is 12.1 Å². The van der Waals surface area contributed by atoms with E-state index in [1.165, 1.54) is 7.11 Å². The average Bonchev–Trinajstić information content (AvgIpc) is 2.77. The molecule has 0 bridgehead atoms. The smallest absolute Gasteiger partial charge is 0.348 e. The molecule has 0 fully saturated rings. The lowest BCUT2D eigenvalue weighted by Gasteiger charge is -2.09. The summed E-state index contributed by atoms with van der Waals surface area (Å²) in [5, 5.41) is 2.84. The molecule has 1 aromatic heterocycles. The van der Waals surface area contributed by atoms with Gasteiger partial charge in [-0.25, -0.2) is 4.79 Å². The Morgan fingerprint density at radius 1 is 1.44 bits per heavy atom.